The van der Waals surface area contributed by atoms with Crippen LogP contribution in [0.1, 0.15) is 27.2 Å². The first-order valence-corrected chi connectivity index (χ1v) is 5.55. The van der Waals surface area contributed by atoms with Crippen molar-refractivity contribution < 1.29 is 9.53 Å². The van der Waals surface area contributed by atoms with Gasteiger partial charge in [-0.05, 0) is 20.4 Å². The minimum absolute atomic E-state index is 0.117. The van der Waals surface area contributed by atoms with E-state index in [0.717, 1.165) is 19.6 Å². The van der Waals surface area contributed by atoms with Gasteiger partial charge in [0.2, 0.25) is 0 Å². The van der Waals surface area contributed by atoms with Gasteiger partial charge in [-0.1, -0.05) is 6.92 Å². The summed E-state index contributed by atoms with van der Waals surface area (Å²) < 4.78 is 4.72. The van der Waals surface area contributed by atoms with Crippen LogP contribution < -0.4 is 5.32 Å². The number of ether oxygens (including phenoxy) is 1. The Kier molecular flexibility index (Phi) is 4.11. The Balaban J connectivity index is 2.65. The van der Waals surface area contributed by atoms with Gasteiger partial charge in [-0.2, -0.15) is 0 Å². The molecule has 1 unspecified atom stereocenters. The highest BCUT2D eigenvalue weighted by Gasteiger charge is 2.35. The maximum atomic E-state index is 11.3. The van der Waals surface area contributed by atoms with E-state index in [9.17, 15) is 4.79 Å². The van der Waals surface area contributed by atoms with Gasteiger partial charge in [-0.15, -0.1) is 0 Å². The summed E-state index contributed by atoms with van der Waals surface area (Å²) in [6.07, 6.45) is 0.473. The average molecular weight is 214 g/mol. The van der Waals surface area contributed by atoms with Crippen molar-refractivity contribution in [1.29, 1.82) is 0 Å². The summed E-state index contributed by atoms with van der Waals surface area (Å²) in [5, 5.41) is 3.37. The van der Waals surface area contributed by atoms with Crippen LogP contribution in [0, 0.1) is 0 Å². The third-order valence-corrected chi connectivity index (χ3v) is 3.13. The van der Waals surface area contributed by atoms with E-state index in [1.54, 1.807) is 0 Å². The molecule has 4 heteroatoms. The van der Waals surface area contributed by atoms with Crippen molar-refractivity contribution in [3.8, 4) is 0 Å². The van der Waals surface area contributed by atoms with Crippen molar-refractivity contribution in [3.63, 3.8) is 0 Å². The molecular formula is C11H22N2O2. The van der Waals surface area contributed by atoms with Gasteiger partial charge in [0.05, 0.1) is 13.5 Å². The summed E-state index contributed by atoms with van der Waals surface area (Å²) in [7, 11) is 1.44. The Bertz CT molecular complexity index is 229. The molecule has 1 fully saturated rings. The predicted molar refractivity (Wildman–Crippen MR) is 59.7 cm³/mol. The van der Waals surface area contributed by atoms with Gasteiger partial charge in [0, 0.05) is 24.7 Å². The van der Waals surface area contributed by atoms with Gasteiger partial charge < -0.3 is 10.1 Å². The highest BCUT2D eigenvalue weighted by molar-refractivity contribution is 5.70. The van der Waals surface area contributed by atoms with Crippen LogP contribution in [0.5, 0.6) is 0 Å². The van der Waals surface area contributed by atoms with Crippen LogP contribution >= 0.6 is 0 Å². The van der Waals surface area contributed by atoms with Gasteiger partial charge in [0.15, 0.2) is 0 Å². The topological polar surface area (TPSA) is 41.6 Å². The molecule has 88 valence electrons. The Morgan fingerprint density at radius 3 is 2.80 bits per heavy atom. The molecule has 1 saturated heterocycles. The molecule has 15 heavy (non-hydrogen) atoms. The van der Waals surface area contributed by atoms with Crippen LogP contribution in [-0.2, 0) is 9.53 Å². The smallest absolute Gasteiger partial charge is 0.307 e. The minimum Gasteiger partial charge on any atom is -0.469 e. The van der Waals surface area contributed by atoms with E-state index in [1.807, 2.05) is 0 Å². The lowest BCUT2D eigenvalue weighted by Gasteiger charge is -2.47. The Morgan fingerprint density at radius 1 is 1.60 bits per heavy atom. The quantitative estimate of drug-likeness (QED) is 0.699. The van der Waals surface area contributed by atoms with E-state index < -0.39 is 0 Å². The van der Waals surface area contributed by atoms with Gasteiger partial charge in [-0.3, -0.25) is 9.69 Å². The van der Waals surface area contributed by atoms with Crippen LogP contribution in [0.2, 0.25) is 0 Å². The normalized spacial score (nSPS) is 26.3. The molecular weight excluding hydrogens is 192 g/mol. The van der Waals surface area contributed by atoms with Crippen molar-refractivity contribution in [2.24, 2.45) is 0 Å². The molecule has 4 nitrogen and oxygen atoms in total. The highest BCUT2D eigenvalue weighted by atomic mass is 16.5. The van der Waals surface area contributed by atoms with E-state index in [4.69, 9.17) is 4.74 Å². The van der Waals surface area contributed by atoms with Gasteiger partial charge in [0.25, 0.3) is 0 Å². The molecule has 1 rings (SSSR count). The number of methoxy groups -OCH3 is 1. The number of likely N-dealkylation sites (N-methyl/N-ethyl adjacent to an activating group) is 1. The number of nitrogens with zero attached hydrogens (tertiary/aromatic N) is 1. The summed E-state index contributed by atoms with van der Waals surface area (Å²) in [5.41, 5.74) is 0.117. The maximum Gasteiger partial charge on any atom is 0.307 e. The fourth-order valence-corrected chi connectivity index (χ4v) is 2.39. The molecule has 0 aromatic carbocycles. The highest BCUT2D eigenvalue weighted by Crippen LogP contribution is 2.22. The summed E-state index contributed by atoms with van der Waals surface area (Å²) >= 11 is 0. The third kappa shape index (κ3) is 2.92. The first-order valence-electron chi connectivity index (χ1n) is 5.55. The minimum atomic E-state index is -0.127. The fraction of sp³-hybridized carbons (Fsp3) is 0.909. The average Bonchev–Trinajstić information content (AvgIpc) is 2.16. The first-order chi connectivity index (χ1) is 7.01. The van der Waals surface area contributed by atoms with Crippen LogP contribution in [0.4, 0.5) is 0 Å². The van der Waals surface area contributed by atoms with Crippen molar-refractivity contribution >= 4 is 5.97 Å². The third-order valence-electron chi connectivity index (χ3n) is 3.13. The van der Waals surface area contributed by atoms with Crippen LogP contribution in [0.25, 0.3) is 0 Å². The number of carbonyl (C=O) groups is 1. The summed E-state index contributed by atoms with van der Waals surface area (Å²) in [5.74, 6) is -0.127. The van der Waals surface area contributed by atoms with E-state index in [1.165, 1.54) is 7.11 Å². The number of rotatable bonds is 3. The SMILES string of the molecule is CCN1C(CC(=O)OC)CNCC1(C)C. The van der Waals surface area contributed by atoms with E-state index in [2.05, 4.69) is 31.0 Å². The van der Waals surface area contributed by atoms with Crippen molar-refractivity contribution in [1.82, 2.24) is 10.2 Å². The maximum absolute atomic E-state index is 11.3. The molecule has 1 aliphatic rings. The summed E-state index contributed by atoms with van der Waals surface area (Å²) in [6.45, 7) is 9.35. The van der Waals surface area contributed by atoms with Crippen LogP contribution in [0.3, 0.4) is 0 Å². The monoisotopic (exact) mass is 214 g/mol. The van der Waals surface area contributed by atoms with E-state index in [0.29, 0.717) is 6.42 Å². The standard InChI is InChI=1S/C11H22N2O2/c1-5-13-9(6-10(14)15-4)7-12-8-11(13,2)3/h9,12H,5-8H2,1-4H3. The number of piperazine rings is 1. The molecule has 1 atom stereocenters. The largest absolute Gasteiger partial charge is 0.469 e. The summed E-state index contributed by atoms with van der Waals surface area (Å²) in [6, 6.07) is 0.256. The molecule has 0 saturated carbocycles. The Hall–Kier alpha value is -0.610. The number of esters is 1. The second-order valence-electron chi connectivity index (χ2n) is 4.66. The lowest BCUT2D eigenvalue weighted by molar-refractivity contribution is -0.143. The number of carbonyl (C=O) groups excluding carboxylic acids is 1. The van der Waals surface area contributed by atoms with Gasteiger partial charge in [0.1, 0.15) is 0 Å². The number of hydrogen-bond donors (Lipinski definition) is 1. The zero-order valence-electron chi connectivity index (χ0n) is 10.2. The Labute approximate surface area is 92.0 Å². The first kappa shape index (κ1) is 12.5. The second-order valence-corrected chi connectivity index (χ2v) is 4.66. The molecule has 1 N–H and O–H groups in total. The van der Waals surface area contributed by atoms with Crippen LogP contribution in [0.15, 0.2) is 0 Å². The Morgan fingerprint density at radius 2 is 2.27 bits per heavy atom. The van der Waals surface area contributed by atoms with E-state index in [-0.39, 0.29) is 17.6 Å². The number of nitrogens with one attached hydrogen (secondary N) is 1. The summed E-state index contributed by atoms with van der Waals surface area (Å²) in [4.78, 5) is 13.7. The molecule has 1 heterocycles. The molecule has 0 aliphatic carbocycles. The van der Waals surface area contributed by atoms with Gasteiger partial charge in [-0.25, -0.2) is 0 Å². The van der Waals surface area contributed by atoms with Gasteiger partial charge >= 0.3 is 5.97 Å². The zero-order valence-corrected chi connectivity index (χ0v) is 10.2. The lowest BCUT2D eigenvalue weighted by atomic mass is 9.95. The molecule has 0 amide bonds. The zero-order chi connectivity index (χ0) is 11.5. The molecule has 0 aromatic heterocycles. The predicted octanol–water partition coefficient (Wildman–Crippen LogP) is 0.622. The molecule has 0 aromatic rings. The molecule has 1 aliphatic heterocycles. The van der Waals surface area contributed by atoms with Crippen molar-refractivity contribution in [3.05, 3.63) is 0 Å². The second kappa shape index (κ2) is 4.94. The molecule has 0 radical (unpaired) electrons. The van der Waals surface area contributed by atoms with Crippen molar-refractivity contribution in [2.45, 2.75) is 38.8 Å². The van der Waals surface area contributed by atoms with Crippen LogP contribution in [-0.4, -0.2) is 49.2 Å². The number of hydrogen-bond acceptors (Lipinski definition) is 4. The fourth-order valence-electron chi connectivity index (χ4n) is 2.39. The van der Waals surface area contributed by atoms with Crippen molar-refractivity contribution in [2.75, 3.05) is 26.7 Å². The lowest BCUT2D eigenvalue weighted by Crippen LogP contribution is -2.63. The van der Waals surface area contributed by atoms with E-state index >= 15 is 0 Å². The molecule has 0 spiro atoms. The molecule has 0 bridgehead atoms.